The van der Waals surface area contributed by atoms with Gasteiger partial charge in [-0.15, -0.1) is 0 Å². The number of methoxy groups -OCH3 is 1. The smallest absolute Gasteiger partial charge is 0.337 e. The number of rotatable bonds is 5. The first-order valence-corrected chi connectivity index (χ1v) is 8.86. The van der Waals surface area contributed by atoms with E-state index < -0.39 is 27.7 Å². The van der Waals surface area contributed by atoms with Crippen molar-refractivity contribution < 1.29 is 27.1 Å². The van der Waals surface area contributed by atoms with Crippen LogP contribution in [0.4, 0.5) is 15.8 Å². The van der Waals surface area contributed by atoms with Crippen LogP contribution >= 0.6 is 0 Å². The summed E-state index contributed by atoms with van der Waals surface area (Å²) in [7, 11) is -2.41. The Kier molecular flexibility index (Phi) is 5.38. The van der Waals surface area contributed by atoms with Gasteiger partial charge in [-0.3, -0.25) is 9.52 Å². The van der Waals surface area contributed by atoms with Gasteiger partial charge in [0.15, 0.2) is 0 Å². The van der Waals surface area contributed by atoms with Gasteiger partial charge in [-0.1, -0.05) is 0 Å². The number of benzene rings is 2. The van der Waals surface area contributed by atoms with Crippen LogP contribution in [0.25, 0.3) is 0 Å². The third-order valence-electron chi connectivity index (χ3n) is 3.09. The Morgan fingerprint density at radius 2 is 1.64 bits per heavy atom. The summed E-state index contributed by atoms with van der Waals surface area (Å²) in [5, 5.41) is 2.52. The molecule has 0 atom stereocenters. The molecule has 9 heteroatoms. The van der Waals surface area contributed by atoms with Gasteiger partial charge in [-0.25, -0.2) is 17.6 Å². The molecule has 1 amide bonds. The van der Waals surface area contributed by atoms with Gasteiger partial charge in [0.05, 0.1) is 24.6 Å². The maximum Gasteiger partial charge on any atom is 0.337 e. The van der Waals surface area contributed by atoms with Crippen LogP contribution in [-0.2, 0) is 14.8 Å². The molecule has 0 aromatic heterocycles. The second-order valence-corrected chi connectivity index (χ2v) is 6.84. The molecule has 132 valence electrons. The molecule has 0 spiro atoms. The molecular formula is C16H15FN2O5S. The van der Waals surface area contributed by atoms with Crippen molar-refractivity contribution in [1.29, 1.82) is 0 Å². The summed E-state index contributed by atoms with van der Waals surface area (Å²) in [6.45, 7) is 0. The molecule has 0 radical (unpaired) electrons. The quantitative estimate of drug-likeness (QED) is 0.790. The highest BCUT2D eigenvalue weighted by molar-refractivity contribution is 7.92. The third kappa shape index (κ3) is 5.01. The van der Waals surface area contributed by atoms with E-state index in [1.54, 1.807) is 0 Å². The third-order valence-corrected chi connectivity index (χ3v) is 3.68. The van der Waals surface area contributed by atoms with Crippen LogP contribution in [0.15, 0.2) is 42.5 Å². The van der Waals surface area contributed by atoms with Gasteiger partial charge in [0.25, 0.3) is 5.91 Å². The number of carbonyl (C=O) groups is 2. The Morgan fingerprint density at radius 1 is 1.04 bits per heavy atom. The van der Waals surface area contributed by atoms with E-state index >= 15 is 0 Å². The zero-order valence-corrected chi connectivity index (χ0v) is 14.2. The lowest BCUT2D eigenvalue weighted by Gasteiger charge is -2.10. The van der Waals surface area contributed by atoms with Gasteiger partial charge in [0.1, 0.15) is 5.82 Å². The van der Waals surface area contributed by atoms with Crippen LogP contribution in [0.3, 0.4) is 0 Å². The Bertz CT molecular complexity index is 911. The first-order valence-electron chi connectivity index (χ1n) is 6.96. The second-order valence-electron chi connectivity index (χ2n) is 5.09. The molecule has 2 aromatic rings. The summed E-state index contributed by atoms with van der Waals surface area (Å²) in [5.41, 5.74) is 0.478. The maximum atomic E-state index is 13.6. The molecule has 0 aliphatic heterocycles. The number of ether oxygens (including phenoxy) is 1. The summed E-state index contributed by atoms with van der Waals surface area (Å²) >= 11 is 0. The van der Waals surface area contributed by atoms with Gasteiger partial charge >= 0.3 is 5.97 Å². The number of anilines is 2. The number of amides is 1. The molecule has 25 heavy (non-hydrogen) atoms. The van der Waals surface area contributed by atoms with E-state index in [9.17, 15) is 22.4 Å². The number of esters is 1. The van der Waals surface area contributed by atoms with Crippen molar-refractivity contribution in [2.45, 2.75) is 0 Å². The number of sulfonamides is 1. The Hall–Kier alpha value is -2.94. The molecule has 2 N–H and O–H groups in total. The average Bonchev–Trinajstić information content (AvgIpc) is 2.56. The number of hydrogen-bond donors (Lipinski definition) is 2. The summed E-state index contributed by atoms with van der Waals surface area (Å²) in [6, 6.07) is 9.22. The van der Waals surface area contributed by atoms with Crippen LogP contribution in [0.2, 0.25) is 0 Å². The van der Waals surface area contributed by atoms with E-state index in [1.165, 1.54) is 37.4 Å². The molecule has 2 aromatic carbocycles. The Morgan fingerprint density at radius 3 is 2.20 bits per heavy atom. The molecule has 2 rings (SSSR count). The second kappa shape index (κ2) is 7.31. The highest BCUT2D eigenvalue weighted by Gasteiger charge is 2.12. The molecular weight excluding hydrogens is 351 g/mol. The largest absolute Gasteiger partial charge is 0.465 e. The van der Waals surface area contributed by atoms with E-state index in [0.717, 1.165) is 18.4 Å². The van der Waals surface area contributed by atoms with E-state index in [-0.39, 0.29) is 16.9 Å². The van der Waals surface area contributed by atoms with Gasteiger partial charge in [-0.05, 0) is 42.5 Å². The predicted octanol–water partition coefficient (Wildman–Crippen LogP) is 2.24. The van der Waals surface area contributed by atoms with Gasteiger partial charge in [0, 0.05) is 11.3 Å². The lowest BCUT2D eigenvalue weighted by Crippen LogP contribution is -2.14. The van der Waals surface area contributed by atoms with Crippen LogP contribution in [0.5, 0.6) is 0 Å². The van der Waals surface area contributed by atoms with Crippen molar-refractivity contribution in [1.82, 2.24) is 0 Å². The molecule has 0 heterocycles. The topological polar surface area (TPSA) is 102 Å². The van der Waals surface area contributed by atoms with E-state index in [4.69, 9.17) is 0 Å². The van der Waals surface area contributed by atoms with Gasteiger partial charge in [0.2, 0.25) is 10.0 Å². The first-order chi connectivity index (χ1) is 11.7. The zero-order valence-electron chi connectivity index (χ0n) is 13.4. The van der Waals surface area contributed by atoms with E-state index in [2.05, 4.69) is 10.1 Å². The Balaban J connectivity index is 2.17. The molecule has 0 aliphatic carbocycles. The molecule has 0 aliphatic rings. The fourth-order valence-corrected chi connectivity index (χ4v) is 2.52. The first kappa shape index (κ1) is 18.4. The lowest BCUT2D eigenvalue weighted by molar-refractivity contribution is 0.0600. The Labute approximate surface area is 143 Å². The highest BCUT2D eigenvalue weighted by atomic mass is 32.2. The number of carbonyl (C=O) groups excluding carboxylic acids is 2. The summed E-state index contributed by atoms with van der Waals surface area (Å²) < 4.78 is 42.7. The fourth-order valence-electron chi connectivity index (χ4n) is 1.96. The van der Waals surface area contributed by atoms with E-state index in [1.807, 2.05) is 4.72 Å². The van der Waals surface area contributed by atoms with Gasteiger partial charge in [-0.2, -0.15) is 0 Å². The van der Waals surface area contributed by atoms with Crippen molar-refractivity contribution >= 4 is 33.3 Å². The lowest BCUT2D eigenvalue weighted by atomic mass is 10.1. The van der Waals surface area contributed by atoms with Crippen molar-refractivity contribution in [2.24, 2.45) is 0 Å². The SMILES string of the molecule is COC(=O)c1ccc(C(=O)Nc2ccc(F)c(NS(C)(=O)=O)c2)cc1. The van der Waals surface area contributed by atoms with Crippen LogP contribution in [-0.4, -0.2) is 33.7 Å². The number of halogens is 1. The molecule has 0 saturated carbocycles. The van der Waals surface area contributed by atoms with E-state index in [0.29, 0.717) is 5.56 Å². The molecule has 7 nitrogen and oxygen atoms in total. The minimum atomic E-state index is -3.66. The summed E-state index contributed by atoms with van der Waals surface area (Å²) in [4.78, 5) is 23.5. The standard InChI is InChI=1S/C16H15FN2O5S/c1-24-16(21)11-5-3-10(4-6-11)15(20)18-12-7-8-13(17)14(9-12)19-25(2,22)23/h3-9,19H,1-2H3,(H,18,20). The normalized spacial score (nSPS) is 10.8. The minimum absolute atomic E-state index is 0.203. The van der Waals surface area contributed by atoms with Crippen molar-refractivity contribution in [3.8, 4) is 0 Å². The molecule has 0 saturated heterocycles. The fraction of sp³-hybridized carbons (Fsp3) is 0.125. The predicted molar refractivity (Wildman–Crippen MR) is 90.6 cm³/mol. The van der Waals surface area contributed by atoms with Crippen molar-refractivity contribution in [3.63, 3.8) is 0 Å². The molecule has 0 fully saturated rings. The van der Waals surface area contributed by atoms with Crippen LogP contribution in [0.1, 0.15) is 20.7 Å². The summed E-state index contributed by atoms with van der Waals surface area (Å²) in [6.07, 6.45) is 0.889. The van der Waals surface area contributed by atoms with Crippen LogP contribution in [0, 0.1) is 5.82 Å². The highest BCUT2D eigenvalue weighted by Crippen LogP contribution is 2.21. The molecule has 0 unspecified atom stereocenters. The zero-order chi connectivity index (χ0) is 18.6. The van der Waals surface area contributed by atoms with Crippen molar-refractivity contribution in [2.75, 3.05) is 23.4 Å². The van der Waals surface area contributed by atoms with Crippen molar-refractivity contribution in [3.05, 3.63) is 59.4 Å². The number of hydrogen-bond acceptors (Lipinski definition) is 5. The molecule has 0 bridgehead atoms. The average molecular weight is 366 g/mol. The summed E-state index contributed by atoms with van der Waals surface area (Å²) in [5.74, 6) is -1.80. The minimum Gasteiger partial charge on any atom is -0.465 e. The number of nitrogens with one attached hydrogen (secondary N) is 2. The maximum absolute atomic E-state index is 13.6. The van der Waals surface area contributed by atoms with Crippen LogP contribution < -0.4 is 10.0 Å². The monoisotopic (exact) mass is 366 g/mol. The van der Waals surface area contributed by atoms with Gasteiger partial charge < -0.3 is 10.1 Å².